The zero-order valence-electron chi connectivity index (χ0n) is 26.3. The summed E-state index contributed by atoms with van der Waals surface area (Å²) in [6.07, 6.45) is 7.98. The van der Waals surface area contributed by atoms with Crippen molar-refractivity contribution >= 4 is 33.6 Å². The van der Waals surface area contributed by atoms with Crippen LogP contribution in [0.15, 0.2) is 41.4 Å². The molecule has 1 saturated carbocycles. The minimum Gasteiger partial charge on any atom is -0.480 e. The average Bonchev–Trinajstić information content (AvgIpc) is 3.66. The molecule has 2 amide bonds. The zero-order valence-corrected chi connectivity index (χ0v) is 27.1. The van der Waals surface area contributed by atoms with Gasteiger partial charge in [0.2, 0.25) is 21.8 Å². The van der Waals surface area contributed by atoms with Crippen LogP contribution in [0, 0.1) is 26.7 Å². The van der Waals surface area contributed by atoms with E-state index in [0.29, 0.717) is 48.8 Å². The van der Waals surface area contributed by atoms with E-state index in [1.807, 2.05) is 30.0 Å². The van der Waals surface area contributed by atoms with Crippen molar-refractivity contribution in [3.05, 3.63) is 53.2 Å². The molecule has 2 fully saturated rings. The molecule has 2 aromatic rings. The van der Waals surface area contributed by atoms with E-state index in [4.69, 9.17) is 4.74 Å². The second-order valence-corrected chi connectivity index (χ2v) is 13.8. The molecule has 2 heterocycles. The van der Waals surface area contributed by atoms with E-state index in [0.717, 1.165) is 12.0 Å². The highest BCUT2D eigenvalue weighted by Crippen LogP contribution is 2.30. The van der Waals surface area contributed by atoms with Crippen molar-refractivity contribution in [2.45, 2.75) is 88.8 Å². The van der Waals surface area contributed by atoms with Crippen LogP contribution in [0.25, 0.3) is 0 Å². The normalized spacial score (nSPS) is 19.4. The van der Waals surface area contributed by atoms with Crippen LogP contribution in [0.5, 0.6) is 0 Å². The predicted molar refractivity (Wildman–Crippen MR) is 169 cm³/mol. The minimum atomic E-state index is -4.17. The summed E-state index contributed by atoms with van der Waals surface area (Å²) in [6, 6.07) is 7.26. The van der Waals surface area contributed by atoms with Crippen LogP contribution in [0.2, 0.25) is 0 Å². The lowest BCUT2D eigenvalue weighted by Gasteiger charge is -2.25. The Morgan fingerprint density at radius 3 is 2.47 bits per heavy atom. The first kappa shape index (κ1) is 34.3. The molecule has 3 atom stereocenters. The standard InChI is InChI=1S/C32H45N5O7S/c1-21-14-22(2)31(23(3)15-21)45(42,43)36-27(32(40)41)18-35-29(38)20-44-26-16-25(17-34-28-10-6-7-13-33-28)37(19-26)30(39)12-11-24-8-4-5-9-24/h6-7,10,13-15,24-27,36H,4-5,8-9,11-12,16-20H2,1-3H3,(H,33,34)(H,35,38)(H,40,41)/t25?,26-,27+/m1/s1. The summed E-state index contributed by atoms with van der Waals surface area (Å²) >= 11 is 0. The van der Waals surface area contributed by atoms with Crippen LogP contribution in [0.1, 0.15) is 61.6 Å². The number of carboxylic acids is 1. The molecule has 12 nitrogen and oxygen atoms in total. The van der Waals surface area contributed by atoms with Crippen LogP contribution in [0.3, 0.4) is 0 Å². The van der Waals surface area contributed by atoms with Crippen molar-refractivity contribution in [3.8, 4) is 0 Å². The number of carbonyl (C=O) groups is 3. The maximum Gasteiger partial charge on any atom is 0.323 e. The summed E-state index contributed by atoms with van der Waals surface area (Å²) in [6.45, 7) is 5.15. The second kappa shape index (κ2) is 15.6. The van der Waals surface area contributed by atoms with Gasteiger partial charge in [-0.25, -0.2) is 13.4 Å². The topological polar surface area (TPSA) is 167 Å². The number of benzene rings is 1. The van der Waals surface area contributed by atoms with Gasteiger partial charge in [0.1, 0.15) is 18.5 Å². The van der Waals surface area contributed by atoms with E-state index in [1.165, 1.54) is 25.7 Å². The molecular formula is C32H45N5O7S. The molecule has 4 rings (SSSR count). The van der Waals surface area contributed by atoms with Crippen LogP contribution < -0.4 is 15.4 Å². The number of aryl methyl sites for hydroxylation is 3. The average molecular weight is 644 g/mol. The number of nitrogens with one attached hydrogen (secondary N) is 3. The minimum absolute atomic E-state index is 0.0182. The van der Waals surface area contributed by atoms with Gasteiger partial charge in [0.15, 0.2) is 0 Å². The molecule has 1 aliphatic carbocycles. The number of likely N-dealkylation sites (tertiary alicyclic amines) is 1. The van der Waals surface area contributed by atoms with E-state index in [-0.39, 0.29) is 29.6 Å². The lowest BCUT2D eigenvalue weighted by atomic mass is 10.0. The smallest absolute Gasteiger partial charge is 0.323 e. The summed E-state index contributed by atoms with van der Waals surface area (Å²) in [5, 5.41) is 15.4. The van der Waals surface area contributed by atoms with E-state index >= 15 is 0 Å². The molecule has 45 heavy (non-hydrogen) atoms. The maximum absolute atomic E-state index is 13.3. The number of aromatic nitrogens is 1. The number of amides is 2. The highest BCUT2D eigenvalue weighted by Gasteiger charge is 2.36. The zero-order chi connectivity index (χ0) is 32.6. The van der Waals surface area contributed by atoms with Gasteiger partial charge >= 0.3 is 5.97 Å². The number of aliphatic carboxylic acids is 1. The second-order valence-electron chi connectivity index (χ2n) is 12.2. The number of carboxylic acid groups (broad SMARTS) is 1. The Kier molecular flexibility index (Phi) is 11.9. The van der Waals surface area contributed by atoms with Gasteiger partial charge in [-0.2, -0.15) is 4.72 Å². The SMILES string of the molecule is Cc1cc(C)c(S(=O)(=O)N[C@@H](CNC(=O)CO[C@@H]2CC(CNc3ccccn3)N(C(=O)CCC3CCCC3)C2)C(=O)O)c(C)c1. The van der Waals surface area contributed by atoms with Gasteiger partial charge in [-0.15, -0.1) is 0 Å². The Bertz CT molecular complexity index is 1420. The lowest BCUT2D eigenvalue weighted by molar-refractivity contribution is -0.139. The summed E-state index contributed by atoms with van der Waals surface area (Å²) in [4.78, 5) is 44.0. The first-order valence-corrected chi connectivity index (χ1v) is 17.1. The monoisotopic (exact) mass is 643 g/mol. The Balaban J connectivity index is 1.30. The molecule has 1 saturated heterocycles. The van der Waals surface area contributed by atoms with Gasteiger partial charge in [0.25, 0.3) is 0 Å². The molecule has 0 radical (unpaired) electrons. The Morgan fingerprint density at radius 1 is 1.11 bits per heavy atom. The summed E-state index contributed by atoms with van der Waals surface area (Å²) in [5.41, 5.74) is 1.89. The van der Waals surface area contributed by atoms with E-state index < -0.39 is 34.5 Å². The van der Waals surface area contributed by atoms with Crippen LogP contribution >= 0.6 is 0 Å². The lowest BCUT2D eigenvalue weighted by Crippen LogP contribution is -2.49. The van der Waals surface area contributed by atoms with Crippen molar-refractivity contribution in [1.29, 1.82) is 0 Å². The number of hydrogen-bond acceptors (Lipinski definition) is 8. The number of anilines is 1. The van der Waals surface area contributed by atoms with Gasteiger partial charge in [-0.1, -0.05) is 49.4 Å². The Morgan fingerprint density at radius 2 is 1.82 bits per heavy atom. The number of carbonyl (C=O) groups excluding carboxylic acids is 2. The van der Waals surface area contributed by atoms with Gasteiger partial charge in [0.05, 0.1) is 17.0 Å². The predicted octanol–water partition coefficient (Wildman–Crippen LogP) is 2.92. The Labute approximate surface area is 265 Å². The molecular weight excluding hydrogens is 598 g/mol. The van der Waals surface area contributed by atoms with E-state index in [1.54, 1.807) is 32.2 Å². The number of sulfonamides is 1. The summed E-state index contributed by atoms with van der Waals surface area (Å²) < 4.78 is 34.2. The highest BCUT2D eigenvalue weighted by atomic mass is 32.2. The molecule has 1 unspecified atom stereocenters. The summed E-state index contributed by atoms with van der Waals surface area (Å²) in [5.74, 6) is -0.636. The molecule has 1 aliphatic heterocycles. The van der Waals surface area contributed by atoms with Crippen molar-refractivity contribution in [1.82, 2.24) is 19.9 Å². The molecule has 0 spiro atoms. The van der Waals surface area contributed by atoms with E-state index in [9.17, 15) is 27.9 Å². The number of hydrogen-bond donors (Lipinski definition) is 4. The fraction of sp³-hybridized carbons (Fsp3) is 0.562. The third kappa shape index (κ3) is 9.72. The molecule has 1 aromatic carbocycles. The van der Waals surface area contributed by atoms with Crippen molar-refractivity contribution in [3.63, 3.8) is 0 Å². The van der Waals surface area contributed by atoms with Crippen LogP contribution in [-0.2, 0) is 29.1 Å². The molecule has 1 aromatic heterocycles. The van der Waals surface area contributed by atoms with Crippen molar-refractivity contribution in [2.24, 2.45) is 5.92 Å². The molecule has 0 bridgehead atoms. The molecule has 246 valence electrons. The van der Waals surface area contributed by atoms with Gasteiger partial charge in [-0.3, -0.25) is 14.4 Å². The van der Waals surface area contributed by atoms with Gasteiger partial charge in [-0.05, 0) is 62.8 Å². The summed E-state index contributed by atoms with van der Waals surface area (Å²) in [7, 11) is -4.17. The third-order valence-corrected chi connectivity index (χ3v) is 10.3. The first-order valence-electron chi connectivity index (χ1n) is 15.6. The van der Waals surface area contributed by atoms with Gasteiger partial charge in [0, 0.05) is 32.3 Å². The number of rotatable bonds is 15. The third-order valence-electron chi connectivity index (χ3n) is 8.54. The van der Waals surface area contributed by atoms with Crippen LogP contribution in [-0.4, -0.2) is 85.6 Å². The van der Waals surface area contributed by atoms with Gasteiger partial charge < -0.3 is 25.4 Å². The van der Waals surface area contributed by atoms with Crippen molar-refractivity contribution in [2.75, 3.05) is 31.6 Å². The van der Waals surface area contributed by atoms with Crippen LogP contribution in [0.4, 0.5) is 5.82 Å². The fourth-order valence-corrected chi connectivity index (χ4v) is 8.07. The van der Waals surface area contributed by atoms with Crippen molar-refractivity contribution < 1.29 is 32.6 Å². The maximum atomic E-state index is 13.3. The highest BCUT2D eigenvalue weighted by molar-refractivity contribution is 7.89. The van der Waals surface area contributed by atoms with E-state index in [2.05, 4.69) is 20.3 Å². The first-order chi connectivity index (χ1) is 21.4. The largest absolute Gasteiger partial charge is 0.480 e. The quantitative estimate of drug-likeness (QED) is 0.228. The number of nitrogens with zero attached hydrogens (tertiary/aromatic N) is 2. The Hall–Kier alpha value is -3.55. The number of pyridine rings is 1. The molecule has 13 heteroatoms. The molecule has 2 aliphatic rings. The molecule has 4 N–H and O–H groups in total. The fourth-order valence-electron chi connectivity index (χ4n) is 6.43. The number of ether oxygens (including phenoxy) is 1.